The highest BCUT2D eigenvalue weighted by Crippen LogP contribution is 2.34. The Morgan fingerprint density at radius 2 is 2.31 bits per heavy atom. The SMILES string of the molecule is CC1(NC(=O)c2cnc(NN)c(Cl)c2)CC1. The number of pyridine rings is 1. The molecule has 5 nitrogen and oxygen atoms in total. The molecule has 1 aliphatic rings. The summed E-state index contributed by atoms with van der Waals surface area (Å²) in [7, 11) is 0. The van der Waals surface area contributed by atoms with Gasteiger partial charge in [-0.15, -0.1) is 0 Å². The molecule has 1 saturated carbocycles. The molecular formula is C10H13ClN4O. The standard InChI is InChI=1S/C10H13ClN4O/c1-10(2-3-10)14-9(16)6-4-7(11)8(15-12)13-5-6/h4-5H,2-3,12H2,1H3,(H,13,15)(H,14,16). The molecule has 1 fully saturated rings. The van der Waals surface area contributed by atoms with Gasteiger partial charge in [0.25, 0.3) is 5.91 Å². The van der Waals surface area contributed by atoms with E-state index in [4.69, 9.17) is 17.4 Å². The van der Waals surface area contributed by atoms with E-state index in [1.54, 1.807) is 6.07 Å². The van der Waals surface area contributed by atoms with E-state index >= 15 is 0 Å². The third-order valence-corrected chi connectivity index (χ3v) is 2.94. The maximum absolute atomic E-state index is 11.8. The van der Waals surface area contributed by atoms with E-state index in [1.165, 1.54) is 6.20 Å². The van der Waals surface area contributed by atoms with Crippen molar-refractivity contribution in [1.82, 2.24) is 10.3 Å². The van der Waals surface area contributed by atoms with Crippen molar-refractivity contribution in [2.75, 3.05) is 5.43 Å². The number of nitrogens with two attached hydrogens (primary N) is 1. The zero-order chi connectivity index (χ0) is 11.8. The number of hydrogen-bond donors (Lipinski definition) is 3. The Morgan fingerprint density at radius 1 is 1.62 bits per heavy atom. The summed E-state index contributed by atoms with van der Waals surface area (Å²) >= 11 is 5.88. The third kappa shape index (κ3) is 2.25. The summed E-state index contributed by atoms with van der Waals surface area (Å²) in [6.45, 7) is 2.01. The molecule has 0 bridgehead atoms. The average Bonchev–Trinajstić information content (AvgIpc) is 2.95. The molecule has 0 unspecified atom stereocenters. The number of aromatic nitrogens is 1. The predicted molar refractivity (Wildman–Crippen MR) is 62.2 cm³/mol. The molecule has 0 radical (unpaired) electrons. The molecule has 0 atom stereocenters. The molecule has 2 rings (SSSR count). The van der Waals surface area contributed by atoms with Crippen LogP contribution in [0.3, 0.4) is 0 Å². The van der Waals surface area contributed by atoms with Crippen LogP contribution in [0.5, 0.6) is 0 Å². The van der Waals surface area contributed by atoms with E-state index < -0.39 is 0 Å². The van der Waals surface area contributed by atoms with Gasteiger partial charge in [0.15, 0.2) is 5.82 Å². The maximum atomic E-state index is 11.8. The summed E-state index contributed by atoms with van der Waals surface area (Å²) in [6, 6.07) is 1.55. The maximum Gasteiger partial charge on any atom is 0.253 e. The second-order valence-electron chi connectivity index (χ2n) is 4.21. The van der Waals surface area contributed by atoms with Crippen molar-refractivity contribution >= 4 is 23.3 Å². The lowest BCUT2D eigenvalue weighted by atomic mass is 10.2. The molecule has 4 N–H and O–H groups in total. The van der Waals surface area contributed by atoms with E-state index in [1.807, 2.05) is 6.92 Å². The van der Waals surface area contributed by atoms with Crippen LogP contribution < -0.4 is 16.6 Å². The number of nitrogens with one attached hydrogen (secondary N) is 2. The summed E-state index contributed by atoms with van der Waals surface area (Å²) in [6.07, 6.45) is 3.48. The lowest BCUT2D eigenvalue weighted by Gasteiger charge is -2.11. The number of nitrogen functional groups attached to an aromatic ring is 1. The first kappa shape index (κ1) is 11.2. The van der Waals surface area contributed by atoms with Gasteiger partial charge < -0.3 is 10.7 Å². The minimum absolute atomic E-state index is 0.0473. The number of halogens is 1. The van der Waals surface area contributed by atoms with Gasteiger partial charge in [0.2, 0.25) is 0 Å². The fourth-order valence-corrected chi connectivity index (χ4v) is 1.55. The van der Waals surface area contributed by atoms with Crippen LogP contribution in [0.4, 0.5) is 5.82 Å². The molecular weight excluding hydrogens is 228 g/mol. The van der Waals surface area contributed by atoms with Crippen LogP contribution in [0.25, 0.3) is 0 Å². The molecule has 0 spiro atoms. The minimum Gasteiger partial charge on any atom is -0.347 e. The van der Waals surface area contributed by atoms with Crippen molar-refractivity contribution in [3.63, 3.8) is 0 Å². The number of hydrogen-bond acceptors (Lipinski definition) is 4. The van der Waals surface area contributed by atoms with E-state index in [9.17, 15) is 4.79 Å². The van der Waals surface area contributed by atoms with Crippen LogP contribution >= 0.6 is 11.6 Å². The molecule has 0 aromatic carbocycles. The second kappa shape index (κ2) is 3.92. The number of nitrogens with zero attached hydrogens (tertiary/aromatic N) is 1. The fraction of sp³-hybridized carbons (Fsp3) is 0.400. The van der Waals surface area contributed by atoms with Crippen molar-refractivity contribution in [3.05, 3.63) is 22.8 Å². The number of rotatable bonds is 3. The Hall–Kier alpha value is -1.33. The second-order valence-corrected chi connectivity index (χ2v) is 4.62. The molecule has 0 saturated heterocycles. The van der Waals surface area contributed by atoms with Crippen molar-refractivity contribution in [2.45, 2.75) is 25.3 Å². The Balaban J connectivity index is 2.14. The fourth-order valence-electron chi connectivity index (χ4n) is 1.33. The lowest BCUT2D eigenvalue weighted by Crippen LogP contribution is -2.34. The van der Waals surface area contributed by atoms with Crippen LogP contribution in [0.1, 0.15) is 30.1 Å². The molecule has 16 heavy (non-hydrogen) atoms. The van der Waals surface area contributed by atoms with E-state index in [0.717, 1.165) is 12.8 Å². The van der Waals surface area contributed by atoms with Crippen LogP contribution in [0.2, 0.25) is 5.02 Å². The van der Waals surface area contributed by atoms with Gasteiger partial charge in [-0.1, -0.05) is 11.6 Å². The van der Waals surface area contributed by atoms with Crippen LogP contribution in [-0.4, -0.2) is 16.4 Å². The summed E-state index contributed by atoms with van der Waals surface area (Å²) in [4.78, 5) is 15.7. The van der Waals surface area contributed by atoms with E-state index in [0.29, 0.717) is 16.4 Å². The normalized spacial score (nSPS) is 16.7. The van der Waals surface area contributed by atoms with Gasteiger partial charge in [-0.3, -0.25) is 4.79 Å². The molecule has 86 valence electrons. The summed E-state index contributed by atoms with van der Waals surface area (Å²) in [5.41, 5.74) is 2.74. The first-order chi connectivity index (χ1) is 7.54. The highest BCUT2D eigenvalue weighted by atomic mass is 35.5. The summed E-state index contributed by atoms with van der Waals surface area (Å²) in [5, 5.41) is 3.25. The highest BCUT2D eigenvalue weighted by Gasteiger charge is 2.38. The largest absolute Gasteiger partial charge is 0.347 e. The molecule has 1 heterocycles. The van der Waals surface area contributed by atoms with E-state index in [2.05, 4.69) is 15.7 Å². The third-order valence-electron chi connectivity index (χ3n) is 2.66. The van der Waals surface area contributed by atoms with Gasteiger partial charge in [0, 0.05) is 11.7 Å². The van der Waals surface area contributed by atoms with Gasteiger partial charge >= 0.3 is 0 Å². The van der Waals surface area contributed by atoms with Crippen molar-refractivity contribution in [2.24, 2.45) is 5.84 Å². The first-order valence-corrected chi connectivity index (χ1v) is 5.36. The van der Waals surface area contributed by atoms with Crippen molar-refractivity contribution < 1.29 is 4.79 Å². The topological polar surface area (TPSA) is 80.0 Å². The monoisotopic (exact) mass is 240 g/mol. The van der Waals surface area contributed by atoms with Gasteiger partial charge in [-0.2, -0.15) is 0 Å². The number of hydrazine groups is 1. The zero-order valence-corrected chi connectivity index (χ0v) is 9.64. The summed E-state index contributed by atoms with van der Waals surface area (Å²) in [5.74, 6) is 5.39. The quantitative estimate of drug-likeness (QED) is 0.550. The lowest BCUT2D eigenvalue weighted by molar-refractivity contribution is 0.0935. The van der Waals surface area contributed by atoms with Gasteiger partial charge in [-0.25, -0.2) is 10.8 Å². The molecule has 6 heteroatoms. The minimum atomic E-state index is -0.155. The zero-order valence-electron chi connectivity index (χ0n) is 8.88. The van der Waals surface area contributed by atoms with Gasteiger partial charge in [0.05, 0.1) is 10.6 Å². The molecule has 1 aliphatic carbocycles. The highest BCUT2D eigenvalue weighted by molar-refractivity contribution is 6.33. The molecule has 1 amide bonds. The molecule has 1 aromatic rings. The Bertz CT molecular complexity index is 431. The number of carbonyl (C=O) groups excluding carboxylic acids is 1. The first-order valence-electron chi connectivity index (χ1n) is 4.99. The van der Waals surface area contributed by atoms with Crippen molar-refractivity contribution in [3.8, 4) is 0 Å². The van der Waals surface area contributed by atoms with E-state index in [-0.39, 0.29) is 11.4 Å². The van der Waals surface area contributed by atoms with Crippen LogP contribution in [0, 0.1) is 0 Å². The predicted octanol–water partition coefficient (Wildman–Crippen LogP) is 1.30. The summed E-state index contributed by atoms with van der Waals surface area (Å²) < 4.78 is 0. The van der Waals surface area contributed by atoms with Gasteiger partial charge in [0.1, 0.15) is 0 Å². The Labute approximate surface area is 98.3 Å². The van der Waals surface area contributed by atoms with Crippen molar-refractivity contribution in [1.29, 1.82) is 0 Å². The smallest absolute Gasteiger partial charge is 0.253 e. The van der Waals surface area contributed by atoms with Crippen LogP contribution in [0.15, 0.2) is 12.3 Å². The van der Waals surface area contributed by atoms with Crippen LogP contribution in [-0.2, 0) is 0 Å². The Kier molecular flexibility index (Phi) is 2.73. The van der Waals surface area contributed by atoms with Gasteiger partial charge in [-0.05, 0) is 25.8 Å². The number of amides is 1. The number of anilines is 1. The molecule has 1 aromatic heterocycles. The molecule has 0 aliphatic heterocycles. The Morgan fingerprint density at radius 3 is 2.81 bits per heavy atom. The number of carbonyl (C=O) groups is 1. The average molecular weight is 241 g/mol.